The minimum absolute atomic E-state index is 0.215. The summed E-state index contributed by atoms with van der Waals surface area (Å²) in [5.41, 5.74) is 2.17. The topological polar surface area (TPSA) is 29.5 Å². The predicted octanol–water partition coefficient (Wildman–Crippen LogP) is 2.75. The van der Waals surface area contributed by atoms with E-state index in [1.54, 1.807) is 0 Å². The average molecular weight is 287 g/mol. The third kappa shape index (κ3) is 3.04. The number of morpholine rings is 1. The van der Waals surface area contributed by atoms with E-state index < -0.39 is 0 Å². The lowest BCUT2D eigenvalue weighted by Gasteiger charge is -2.42. The summed E-state index contributed by atoms with van der Waals surface area (Å²) in [6.45, 7) is 5.42. The van der Waals surface area contributed by atoms with Crippen molar-refractivity contribution in [2.24, 2.45) is 0 Å². The average Bonchev–Trinajstić information content (AvgIpc) is 2.99. The van der Waals surface area contributed by atoms with Gasteiger partial charge in [0.2, 0.25) is 0 Å². The van der Waals surface area contributed by atoms with Crippen LogP contribution in [0.2, 0.25) is 0 Å². The van der Waals surface area contributed by atoms with Gasteiger partial charge in [0.05, 0.1) is 18.8 Å². The van der Waals surface area contributed by atoms with Crippen molar-refractivity contribution in [1.29, 1.82) is 0 Å². The van der Waals surface area contributed by atoms with Crippen molar-refractivity contribution in [1.82, 2.24) is 4.90 Å². The number of ether oxygens (including phenoxy) is 1. The van der Waals surface area contributed by atoms with Crippen LogP contribution in [0.25, 0.3) is 0 Å². The molecule has 0 atom stereocenters. The van der Waals surface area contributed by atoms with Gasteiger partial charge in [-0.15, -0.1) is 0 Å². The highest BCUT2D eigenvalue weighted by Gasteiger charge is 2.45. The third-order valence-corrected chi connectivity index (χ3v) is 5.01. The zero-order valence-corrected chi connectivity index (χ0v) is 12.9. The van der Waals surface area contributed by atoms with Crippen molar-refractivity contribution in [3.05, 3.63) is 35.4 Å². The van der Waals surface area contributed by atoms with Crippen LogP contribution in [-0.2, 0) is 16.0 Å². The van der Waals surface area contributed by atoms with Crippen molar-refractivity contribution in [3.8, 4) is 0 Å². The summed E-state index contributed by atoms with van der Waals surface area (Å²) in [5.74, 6) is 0.410. The number of rotatable bonds is 4. The molecule has 3 heteroatoms. The fourth-order valence-corrected chi connectivity index (χ4v) is 3.89. The normalized spacial score (nSPS) is 22.3. The molecule has 0 aromatic heterocycles. The Hall–Kier alpha value is -1.19. The Morgan fingerprint density at radius 2 is 1.95 bits per heavy atom. The van der Waals surface area contributed by atoms with Gasteiger partial charge in [0.15, 0.2) is 5.78 Å². The zero-order valence-electron chi connectivity index (χ0n) is 12.9. The number of hydrogen-bond acceptors (Lipinski definition) is 3. The first-order chi connectivity index (χ1) is 10.2. The first kappa shape index (κ1) is 14.7. The van der Waals surface area contributed by atoms with Crippen LogP contribution in [0.15, 0.2) is 24.3 Å². The molecule has 0 bridgehead atoms. The Morgan fingerprint density at radius 1 is 1.24 bits per heavy atom. The van der Waals surface area contributed by atoms with E-state index in [2.05, 4.69) is 30.0 Å². The molecule has 1 aliphatic heterocycles. The van der Waals surface area contributed by atoms with Gasteiger partial charge in [-0.3, -0.25) is 9.69 Å². The molecule has 0 radical (unpaired) electrons. The molecule has 1 aromatic rings. The van der Waals surface area contributed by atoms with Gasteiger partial charge >= 0.3 is 0 Å². The molecule has 114 valence electrons. The number of aryl methyl sites for hydroxylation is 1. The maximum Gasteiger partial charge on any atom is 0.157 e. The molecule has 1 saturated heterocycles. The molecule has 0 unspecified atom stereocenters. The Kier molecular flexibility index (Phi) is 4.41. The number of Topliss-reactive ketones (excluding diaryl/α,β-unsaturated/α-hetero) is 1. The monoisotopic (exact) mass is 287 g/mol. The lowest BCUT2D eigenvalue weighted by molar-refractivity contribution is -0.133. The van der Waals surface area contributed by atoms with Gasteiger partial charge in [-0.05, 0) is 25.3 Å². The van der Waals surface area contributed by atoms with Gasteiger partial charge in [-0.2, -0.15) is 0 Å². The summed E-state index contributed by atoms with van der Waals surface area (Å²) in [5, 5.41) is 0. The Morgan fingerprint density at radius 3 is 2.62 bits per heavy atom. The van der Waals surface area contributed by atoms with Gasteiger partial charge in [-0.25, -0.2) is 0 Å². The number of carbonyl (C=O) groups is 1. The molecule has 1 aromatic carbocycles. The lowest BCUT2D eigenvalue weighted by atomic mass is 9.85. The summed E-state index contributed by atoms with van der Waals surface area (Å²) >= 11 is 0. The van der Waals surface area contributed by atoms with Crippen LogP contribution in [0.5, 0.6) is 0 Å². The molecule has 1 saturated carbocycles. The number of benzene rings is 1. The summed E-state index contributed by atoms with van der Waals surface area (Å²) in [7, 11) is 0. The number of hydrogen-bond donors (Lipinski definition) is 0. The molecule has 0 spiro atoms. The molecule has 1 aliphatic carbocycles. The highest BCUT2D eigenvalue weighted by molar-refractivity contribution is 5.90. The van der Waals surface area contributed by atoms with Crippen LogP contribution in [0.3, 0.4) is 0 Å². The van der Waals surface area contributed by atoms with Crippen LogP contribution in [0, 0.1) is 6.92 Å². The molecule has 3 rings (SSSR count). The van der Waals surface area contributed by atoms with Gasteiger partial charge in [0, 0.05) is 19.5 Å². The van der Waals surface area contributed by atoms with E-state index in [1.807, 2.05) is 6.07 Å². The van der Waals surface area contributed by atoms with Crippen molar-refractivity contribution in [2.75, 3.05) is 26.3 Å². The molecule has 2 aliphatic rings. The second kappa shape index (κ2) is 6.29. The van der Waals surface area contributed by atoms with Gasteiger partial charge in [0.25, 0.3) is 0 Å². The number of carbonyl (C=O) groups excluding carboxylic acids is 1. The quantitative estimate of drug-likeness (QED) is 0.853. The molecule has 1 heterocycles. The summed E-state index contributed by atoms with van der Waals surface area (Å²) in [6, 6.07) is 8.35. The Labute approximate surface area is 127 Å². The highest BCUT2D eigenvalue weighted by atomic mass is 16.5. The van der Waals surface area contributed by atoms with Crippen molar-refractivity contribution in [3.63, 3.8) is 0 Å². The Balaban J connectivity index is 1.78. The van der Waals surface area contributed by atoms with Crippen LogP contribution in [-0.4, -0.2) is 42.5 Å². The molecule has 3 nitrogen and oxygen atoms in total. The van der Waals surface area contributed by atoms with E-state index in [1.165, 1.54) is 18.4 Å². The molecule has 2 fully saturated rings. The Bertz CT molecular complexity index is 500. The van der Waals surface area contributed by atoms with E-state index in [9.17, 15) is 4.79 Å². The van der Waals surface area contributed by atoms with Gasteiger partial charge in [0.1, 0.15) is 0 Å². The fourth-order valence-electron chi connectivity index (χ4n) is 3.89. The molecular formula is C18H25NO2. The van der Waals surface area contributed by atoms with Crippen molar-refractivity contribution >= 4 is 5.78 Å². The largest absolute Gasteiger partial charge is 0.379 e. The lowest BCUT2D eigenvalue weighted by Crippen LogP contribution is -2.57. The maximum atomic E-state index is 13.1. The summed E-state index contributed by atoms with van der Waals surface area (Å²) in [4.78, 5) is 15.5. The predicted molar refractivity (Wildman–Crippen MR) is 83.5 cm³/mol. The SMILES string of the molecule is Cc1cccc(CC(=O)C2(N3CCOCC3)CCCC2)c1. The molecule has 0 N–H and O–H groups in total. The van der Waals surface area contributed by atoms with Crippen LogP contribution in [0.1, 0.15) is 36.8 Å². The molecular weight excluding hydrogens is 262 g/mol. The van der Waals surface area contributed by atoms with Crippen molar-refractivity contribution < 1.29 is 9.53 Å². The van der Waals surface area contributed by atoms with E-state index in [0.29, 0.717) is 12.2 Å². The van der Waals surface area contributed by atoms with Gasteiger partial charge < -0.3 is 4.74 Å². The standard InChI is InChI=1S/C18H25NO2/c1-15-5-4-6-16(13-15)14-17(20)18(7-2-3-8-18)19-9-11-21-12-10-19/h4-6,13H,2-3,7-12,14H2,1H3. The molecule has 21 heavy (non-hydrogen) atoms. The maximum absolute atomic E-state index is 13.1. The van der Waals surface area contributed by atoms with Crippen LogP contribution < -0.4 is 0 Å². The summed E-state index contributed by atoms with van der Waals surface area (Å²) in [6.07, 6.45) is 4.97. The summed E-state index contributed by atoms with van der Waals surface area (Å²) < 4.78 is 5.47. The minimum Gasteiger partial charge on any atom is -0.379 e. The fraction of sp³-hybridized carbons (Fsp3) is 0.611. The minimum atomic E-state index is -0.215. The van der Waals surface area contributed by atoms with E-state index in [-0.39, 0.29) is 5.54 Å². The van der Waals surface area contributed by atoms with E-state index in [4.69, 9.17) is 4.74 Å². The first-order valence-electron chi connectivity index (χ1n) is 8.12. The second-order valence-corrected chi connectivity index (χ2v) is 6.43. The van der Waals surface area contributed by atoms with Gasteiger partial charge in [-0.1, -0.05) is 42.7 Å². The first-order valence-corrected chi connectivity index (χ1v) is 8.12. The van der Waals surface area contributed by atoms with Crippen molar-refractivity contribution in [2.45, 2.75) is 44.6 Å². The zero-order chi connectivity index (χ0) is 14.7. The second-order valence-electron chi connectivity index (χ2n) is 6.43. The van der Waals surface area contributed by atoms with Crippen LogP contribution in [0.4, 0.5) is 0 Å². The smallest absolute Gasteiger partial charge is 0.157 e. The van der Waals surface area contributed by atoms with E-state index in [0.717, 1.165) is 44.7 Å². The molecule has 0 amide bonds. The third-order valence-electron chi connectivity index (χ3n) is 5.01. The number of ketones is 1. The van der Waals surface area contributed by atoms with Crippen LogP contribution >= 0.6 is 0 Å². The van der Waals surface area contributed by atoms with E-state index >= 15 is 0 Å². The highest BCUT2D eigenvalue weighted by Crippen LogP contribution is 2.37. The number of nitrogens with zero attached hydrogens (tertiary/aromatic N) is 1.